The first kappa shape index (κ1) is 21.6. The smallest absolute Gasteiger partial charge is 0.251 e. The molecular formula is C22H28N4O4. The molecule has 1 saturated heterocycles. The topological polar surface area (TPSA) is 104 Å². The zero-order valence-corrected chi connectivity index (χ0v) is 17.4. The molecule has 3 N–H and O–H groups in total. The second-order valence-corrected chi connectivity index (χ2v) is 7.50. The van der Waals surface area contributed by atoms with Crippen LogP contribution in [0.4, 0.5) is 11.4 Å². The lowest BCUT2D eigenvalue weighted by Crippen LogP contribution is -2.40. The molecule has 1 aromatic carbocycles. The molecule has 8 heteroatoms. The van der Waals surface area contributed by atoms with Crippen molar-refractivity contribution in [1.29, 1.82) is 0 Å². The van der Waals surface area contributed by atoms with Crippen LogP contribution in [-0.2, 0) is 9.59 Å². The summed E-state index contributed by atoms with van der Waals surface area (Å²) in [4.78, 5) is 38.1. The summed E-state index contributed by atoms with van der Waals surface area (Å²) >= 11 is 0. The zero-order valence-electron chi connectivity index (χ0n) is 17.4. The summed E-state index contributed by atoms with van der Waals surface area (Å²) in [5.74, 6) is 0.0131. The molecular weight excluding hydrogens is 384 g/mol. The average molecular weight is 412 g/mol. The van der Waals surface area contributed by atoms with Gasteiger partial charge in [0.2, 0.25) is 11.8 Å². The van der Waals surface area contributed by atoms with Crippen LogP contribution in [0.1, 0.15) is 55.3 Å². The summed E-state index contributed by atoms with van der Waals surface area (Å²) < 4.78 is 5.62. The van der Waals surface area contributed by atoms with Crippen molar-refractivity contribution < 1.29 is 18.8 Å². The third kappa shape index (κ3) is 5.93. The van der Waals surface area contributed by atoms with Crippen molar-refractivity contribution in [1.82, 2.24) is 10.2 Å². The first-order valence-electron chi connectivity index (χ1n) is 10.2. The summed E-state index contributed by atoms with van der Waals surface area (Å²) in [6, 6.07) is 8.52. The summed E-state index contributed by atoms with van der Waals surface area (Å²) in [5, 5.41) is 8.30. The van der Waals surface area contributed by atoms with Crippen molar-refractivity contribution >= 4 is 29.1 Å². The number of piperidine rings is 1. The maximum absolute atomic E-state index is 12.9. The minimum Gasteiger partial charge on any atom is -0.468 e. The summed E-state index contributed by atoms with van der Waals surface area (Å²) in [5.41, 5.74) is 1.23. The van der Waals surface area contributed by atoms with Crippen LogP contribution in [-0.4, -0.2) is 42.3 Å². The second kappa shape index (κ2) is 10.1. The minimum absolute atomic E-state index is 0.0439. The molecule has 0 saturated carbocycles. The quantitative estimate of drug-likeness (QED) is 0.648. The van der Waals surface area contributed by atoms with E-state index in [4.69, 9.17) is 4.42 Å². The van der Waals surface area contributed by atoms with Gasteiger partial charge in [-0.2, -0.15) is 0 Å². The van der Waals surface area contributed by atoms with E-state index in [9.17, 15) is 14.4 Å². The van der Waals surface area contributed by atoms with Gasteiger partial charge < -0.3 is 20.4 Å². The fourth-order valence-corrected chi connectivity index (χ4v) is 3.72. The van der Waals surface area contributed by atoms with Gasteiger partial charge in [0, 0.05) is 37.3 Å². The summed E-state index contributed by atoms with van der Waals surface area (Å²) in [6.45, 7) is 5.10. The molecule has 0 aliphatic carbocycles. The lowest BCUT2D eigenvalue weighted by atomic mass is 10.1. The molecule has 3 amide bonds. The standard InChI is InChI=1S/C22H28N4O4/c1-15(27)24-18-11-17(12-19(13-18)25-16(2)28)22(29)23-14-20(21-7-6-10-30-21)26-8-4-3-5-9-26/h6-7,10-13,20H,3-5,8-9,14H2,1-2H3,(H,23,29)(H,24,27)(H,25,28)/t20-/m1/s1. The highest BCUT2D eigenvalue weighted by atomic mass is 16.3. The van der Waals surface area contributed by atoms with E-state index < -0.39 is 0 Å². The van der Waals surface area contributed by atoms with Gasteiger partial charge in [0.15, 0.2) is 0 Å². The van der Waals surface area contributed by atoms with Gasteiger partial charge in [0.25, 0.3) is 5.91 Å². The second-order valence-electron chi connectivity index (χ2n) is 7.50. The van der Waals surface area contributed by atoms with Crippen LogP contribution in [0.25, 0.3) is 0 Å². The van der Waals surface area contributed by atoms with E-state index in [1.165, 1.54) is 20.3 Å². The number of rotatable bonds is 7. The van der Waals surface area contributed by atoms with Gasteiger partial charge in [-0.3, -0.25) is 19.3 Å². The largest absolute Gasteiger partial charge is 0.468 e. The predicted molar refractivity (Wildman–Crippen MR) is 114 cm³/mol. The van der Waals surface area contributed by atoms with E-state index in [0.29, 0.717) is 23.5 Å². The minimum atomic E-state index is -0.289. The first-order valence-corrected chi connectivity index (χ1v) is 10.2. The number of furan rings is 1. The number of likely N-dealkylation sites (tertiary alicyclic amines) is 1. The van der Waals surface area contributed by atoms with Gasteiger partial charge in [-0.25, -0.2) is 0 Å². The number of nitrogens with one attached hydrogen (secondary N) is 3. The van der Waals surface area contributed by atoms with Crippen molar-refractivity contribution in [2.75, 3.05) is 30.3 Å². The van der Waals surface area contributed by atoms with E-state index >= 15 is 0 Å². The number of carbonyl (C=O) groups excluding carboxylic acids is 3. The first-order chi connectivity index (χ1) is 14.4. The fourth-order valence-electron chi connectivity index (χ4n) is 3.72. The molecule has 8 nitrogen and oxygen atoms in total. The van der Waals surface area contributed by atoms with E-state index in [1.807, 2.05) is 12.1 Å². The fraction of sp³-hybridized carbons (Fsp3) is 0.409. The number of nitrogens with zero attached hydrogens (tertiary/aromatic N) is 1. The molecule has 0 spiro atoms. The van der Waals surface area contributed by atoms with Gasteiger partial charge in [0.1, 0.15) is 5.76 Å². The van der Waals surface area contributed by atoms with Gasteiger partial charge >= 0.3 is 0 Å². The Kier molecular flexibility index (Phi) is 7.24. The van der Waals surface area contributed by atoms with Crippen LogP contribution in [0.3, 0.4) is 0 Å². The van der Waals surface area contributed by atoms with Crippen LogP contribution in [0.5, 0.6) is 0 Å². The maximum Gasteiger partial charge on any atom is 0.251 e. The Hall–Kier alpha value is -3.13. The van der Waals surface area contributed by atoms with E-state index in [1.54, 1.807) is 24.5 Å². The van der Waals surface area contributed by atoms with E-state index in [2.05, 4.69) is 20.9 Å². The molecule has 1 fully saturated rings. The molecule has 160 valence electrons. The Morgan fingerprint density at radius 3 is 2.17 bits per heavy atom. The Morgan fingerprint density at radius 1 is 1.00 bits per heavy atom. The molecule has 3 rings (SSSR count). The summed E-state index contributed by atoms with van der Waals surface area (Å²) in [6.07, 6.45) is 5.12. The molecule has 1 aliphatic rings. The Balaban J connectivity index is 1.76. The van der Waals surface area contributed by atoms with Crippen LogP contribution in [0, 0.1) is 0 Å². The number of carbonyl (C=O) groups is 3. The summed E-state index contributed by atoms with van der Waals surface area (Å²) in [7, 11) is 0. The molecule has 30 heavy (non-hydrogen) atoms. The SMILES string of the molecule is CC(=O)Nc1cc(NC(C)=O)cc(C(=O)NC[C@H](c2ccco2)N2CCCCC2)c1. The lowest BCUT2D eigenvalue weighted by molar-refractivity contribution is -0.115. The van der Waals surface area contributed by atoms with E-state index in [0.717, 1.165) is 31.7 Å². The highest BCUT2D eigenvalue weighted by Crippen LogP contribution is 2.25. The van der Waals surface area contributed by atoms with Crippen molar-refractivity contribution in [3.05, 3.63) is 47.9 Å². The van der Waals surface area contributed by atoms with Crippen LogP contribution < -0.4 is 16.0 Å². The van der Waals surface area contributed by atoms with Crippen LogP contribution >= 0.6 is 0 Å². The number of benzene rings is 1. The third-order valence-electron chi connectivity index (χ3n) is 4.99. The molecule has 0 bridgehead atoms. The van der Waals surface area contributed by atoms with Gasteiger partial charge in [-0.1, -0.05) is 6.42 Å². The molecule has 2 aromatic rings. The predicted octanol–water partition coefficient (Wildman–Crippen LogP) is 3.15. The molecule has 0 radical (unpaired) electrons. The van der Waals surface area contributed by atoms with Crippen molar-refractivity contribution in [2.45, 2.75) is 39.2 Å². The van der Waals surface area contributed by atoms with E-state index in [-0.39, 0.29) is 23.8 Å². The number of anilines is 2. The van der Waals surface area contributed by atoms with Crippen LogP contribution in [0.2, 0.25) is 0 Å². The molecule has 1 aromatic heterocycles. The Morgan fingerprint density at radius 2 is 1.63 bits per heavy atom. The highest BCUT2D eigenvalue weighted by Gasteiger charge is 2.25. The monoisotopic (exact) mass is 412 g/mol. The third-order valence-corrected chi connectivity index (χ3v) is 4.99. The van der Waals surface area contributed by atoms with Gasteiger partial charge in [0.05, 0.1) is 12.3 Å². The molecule has 1 aliphatic heterocycles. The molecule has 0 unspecified atom stereocenters. The Bertz CT molecular complexity index is 854. The van der Waals surface area contributed by atoms with Crippen molar-refractivity contribution in [3.8, 4) is 0 Å². The Labute approximate surface area is 176 Å². The normalized spacial score (nSPS) is 15.3. The number of amides is 3. The van der Waals surface area contributed by atoms with Gasteiger partial charge in [-0.05, 0) is 56.3 Å². The average Bonchev–Trinajstić information content (AvgIpc) is 3.22. The van der Waals surface area contributed by atoms with Crippen molar-refractivity contribution in [2.24, 2.45) is 0 Å². The lowest BCUT2D eigenvalue weighted by Gasteiger charge is -2.33. The van der Waals surface area contributed by atoms with Gasteiger partial charge in [-0.15, -0.1) is 0 Å². The molecule has 1 atom stereocenters. The van der Waals surface area contributed by atoms with Crippen LogP contribution in [0.15, 0.2) is 41.0 Å². The number of hydrogen-bond acceptors (Lipinski definition) is 5. The maximum atomic E-state index is 12.9. The zero-order chi connectivity index (χ0) is 21.5. The number of hydrogen-bond donors (Lipinski definition) is 3. The van der Waals surface area contributed by atoms with Crippen molar-refractivity contribution in [3.63, 3.8) is 0 Å². The molecule has 2 heterocycles. The highest BCUT2D eigenvalue weighted by molar-refractivity contribution is 5.99.